The zero-order chi connectivity index (χ0) is 19.5. The molecule has 8 heteroatoms. The Bertz CT molecular complexity index is 757. The van der Waals surface area contributed by atoms with Crippen molar-refractivity contribution in [3.63, 3.8) is 0 Å². The third-order valence-electron chi connectivity index (χ3n) is 4.56. The van der Waals surface area contributed by atoms with E-state index in [9.17, 15) is 13.2 Å². The molecule has 0 radical (unpaired) electrons. The number of ether oxygens (including phenoxy) is 1. The number of amides is 1. The molecule has 0 unspecified atom stereocenters. The summed E-state index contributed by atoms with van der Waals surface area (Å²) in [5.41, 5.74) is 1.87. The van der Waals surface area contributed by atoms with Crippen molar-refractivity contribution in [3.05, 3.63) is 28.3 Å². The zero-order valence-electron chi connectivity index (χ0n) is 15.7. The summed E-state index contributed by atoms with van der Waals surface area (Å²) in [5, 5.41) is 3.61. The van der Waals surface area contributed by atoms with Crippen molar-refractivity contribution in [2.75, 3.05) is 26.0 Å². The van der Waals surface area contributed by atoms with Crippen LogP contribution in [0.3, 0.4) is 0 Å². The van der Waals surface area contributed by atoms with Crippen molar-refractivity contribution >= 4 is 27.5 Å². The van der Waals surface area contributed by atoms with Crippen LogP contribution in [0.25, 0.3) is 0 Å². The number of nitrogens with zero attached hydrogens (tertiary/aromatic N) is 1. The molecule has 1 amide bonds. The van der Waals surface area contributed by atoms with Crippen LogP contribution in [0.5, 0.6) is 5.75 Å². The molecule has 1 N–H and O–H groups in total. The van der Waals surface area contributed by atoms with Crippen molar-refractivity contribution in [3.8, 4) is 5.75 Å². The molecule has 146 valence electrons. The Morgan fingerprint density at radius 1 is 1.35 bits per heavy atom. The number of sulfonamides is 1. The van der Waals surface area contributed by atoms with E-state index in [1.54, 1.807) is 0 Å². The maximum absolute atomic E-state index is 12.2. The van der Waals surface area contributed by atoms with Crippen LogP contribution < -0.4 is 10.1 Å². The van der Waals surface area contributed by atoms with Gasteiger partial charge in [0.2, 0.25) is 10.0 Å². The topological polar surface area (TPSA) is 75.7 Å². The van der Waals surface area contributed by atoms with Gasteiger partial charge in [-0.25, -0.2) is 12.7 Å². The van der Waals surface area contributed by atoms with Gasteiger partial charge in [0.25, 0.3) is 5.91 Å². The van der Waals surface area contributed by atoms with E-state index >= 15 is 0 Å². The Morgan fingerprint density at radius 3 is 2.50 bits per heavy atom. The van der Waals surface area contributed by atoms with E-state index in [0.717, 1.165) is 11.1 Å². The van der Waals surface area contributed by atoms with Crippen molar-refractivity contribution in [1.82, 2.24) is 9.62 Å². The molecule has 0 aromatic heterocycles. The molecule has 26 heavy (non-hydrogen) atoms. The first-order valence-corrected chi connectivity index (χ1v) is 11.0. The highest BCUT2D eigenvalue weighted by Crippen LogP contribution is 2.32. The Morgan fingerprint density at radius 2 is 1.96 bits per heavy atom. The number of carbonyl (C=O) groups is 1. The molecule has 6 nitrogen and oxygen atoms in total. The number of nitrogens with one attached hydrogen (secondary N) is 1. The van der Waals surface area contributed by atoms with E-state index < -0.39 is 10.0 Å². The van der Waals surface area contributed by atoms with Crippen molar-refractivity contribution in [2.24, 2.45) is 0 Å². The Balaban J connectivity index is 1.89. The molecule has 0 atom stereocenters. The lowest BCUT2D eigenvalue weighted by atomic mass is 10.0. The number of rotatable bonds is 6. The molecule has 0 spiro atoms. The summed E-state index contributed by atoms with van der Waals surface area (Å²) < 4.78 is 30.2. The Labute approximate surface area is 160 Å². The van der Waals surface area contributed by atoms with Gasteiger partial charge in [-0.05, 0) is 48.9 Å². The highest BCUT2D eigenvalue weighted by molar-refractivity contribution is 7.88. The smallest absolute Gasteiger partial charge is 0.258 e. The van der Waals surface area contributed by atoms with Crippen LogP contribution in [0.1, 0.15) is 43.7 Å². The number of aryl methyl sites for hydroxylation is 1. The molecule has 1 aromatic carbocycles. The van der Waals surface area contributed by atoms with Gasteiger partial charge >= 0.3 is 0 Å². The van der Waals surface area contributed by atoms with Crippen LogP contribution in [0, 0.1) is 6.92 Å². The predicted octanol–water partition coefficient (Wildman–Crippen LogP) is 2.69. The molecular formula is C18H27ClN2O4S. The van der Waals surface area contributed by atoms with Crippen LogP contribution in [-0.2, 0) is 14.8 Å². The van der Waals surface area contributed by atoms with Gasteiger partial charge in [0, 0.05) is 24.2 Å². The molecule has 2 rings (SSSR count). The lowest BCUT2D eigenvalue weighted by Gasteiger charge is -2.30. The van der Waals surface area contributed by atoms with Gasteiger partial charge in [0.1, 0.15) is 5.75 Å². The van der Waals surface area contributed by atoms with Gasteiger partial charge in [0.15, 0.2) is 6.61 Å². The first-order chi connectivity index (χ1) is 12.1. The summed E-state index contributed by atoms with van der Waals surface area (Å²) in [5.74, 6) is 0.695. The van der Waals surface area contributed by atoms with Crippen molar-refractivity contribution in [2.45, 2.75) is 45.6 Å². The average molecular weight is 403 g/mol. The fourth-order valence-corrected chi connectivity index (χ4v) is 4.04. The SMILES string of the molecule is Cc1cc(OCC(=O)NC2CCN(S(C)(=O)=O)CC2)c(C(C)C)cc1Cl. The molecule has 0 bridgehead atoms. The Hall–Kier alpha value is -1.31. The molecule has 1 fully saturated rings. The number of hydrogen-bond acceptors (Lipinski definition) is 4. The molecule has 1 saturated heterocycles. The second kappa shape index (κ2) is 8.59. The summed E-state index contributed by atoms with van der Waals surface area (Å²) in [6, 6.07) is 3.71. The molecule has 0 aliphatic carbocycles. The summed E-state index contributed by atoms with van der Waals surface area (Å²) in [7, 11) is -3.16. The monoisotopic (exact) mass is 402 g/mol. The molecule has 1 aliphatic heterocycles. The third-order valence-corrected chi connectivity index (χ3v) is 6.27. The number of benzene rings is 1. The summed E-state index contributed by atoms with van der Waals surface area (Å²) in [6.45, 7) is 6.77. The van der Waals surface area contributed by atoms with Crippen LogP contribution >= 0.6 is 11.6 Å². The van der Waals surface area contributed by atoms with Crippen molar-refractivity contribution in [1.29, 1.82) is 0 Å². The molecule has 1 aromatic rings. The van der Waals surface area contributed by atoms with E-state index in [2.05, 4.69) is 5.32 Å². The normalized spacial score (nSPS) is 16.7. The molecule has 1 aliphatic rings. The fourth-order valence-electron chi connectivity index (χ4n) is 2.99. The van der Waals surface area contributed by atoms with E-state index in [1.165, 1.54) is 10.6 Å². The summed E-state index contributed by atoms with van der Waals surface area (Å²) in [4.78, 5) is 12.2. The standard InChI is InChI=1S/C18H27ClN2O4S/c1-12(2)15-10-16(19)13(3)9-17(15)25-11-18(22)20-14-5-7-21(8-6-14)26(4,23)24/h9-10,12,14H,5-8,11H2,1-4H3,(H,20,22). The maximum Gasteiger partial charge on any atom is 0.258 e. The van der Waals surface area contributed by atoms with Gasteiger partial charge in [0.05, 0.1) is 6.26 Å². The molecule has 1 heterocycles. The van der Waals surface area contributed by atoms with Crippen molar-refractivity contribution < 1.29 is 17.9 Å². The van der Waals surface area contributed by atoms with E-state index in [-0.39, 0.29) is 24.5 Å². The minimum absolute atomic E-state index is 0.0272. The van der Waals surface area contributed by atoms with Gasteiger partial charge < -0.3 is 10.1 Å². The number of carbonyl (C=O) groups excluding carboxylic acids is 1. The highest BCUT2D eigenvalue weighted by atomic mass is 35.5. The Kier molecular flexibility index (Phi) is 6.93. The van der Waals surface area contributed by atoms with E-state index in [0.29, 0.717) is 36.7 Å². The van der Waals surface area contributed by atoms with Gasteiger partial charge in [-0.3, -0.25) is 4.79 Å². The van der Waals surface area contributed by atoms with Crippen LogP contribution in [0.2, 0.25) is 5.02 Å². The first-order valence-electron chi connectivity index (χ1n) is 8.75. The fraction of sp³-hybridized carbons (Fsp3) is 0.611. The number of piperidine rings is 1. The maximum atomic E-state index is 12.2. The van der Waals surface area contributed by atoms with Crippen LogP contribution in [0.15, 0.2) is 12.1 Å². The highest BCUT2D eigenvalue weighted by Gasteiger charge is 2.25. The number of halogens is 1. The van der Waals surface area contributed by atoms with E-state index in [4.69, 9.17) is 16.3 Å². The number of hydrogen-bond donors (Lipinski definition) is 1. The summed E-state index contributed by atoms with van der Waals surface area (Å²) >= 11 is 6.18. The summed E-state index contributed by atoms with van der Waals surface area (Å²) in [6.07, 6.45) is 2.42. The lowest BCUT2D eigenvalue weighted by molar-refractivity contribution is -0.124. The second-order valence-electron chi connectivity index (χ2n) is 7.09. The second-order valence-corrected chi connectivity index (χ2v) is 9.48. The molecule has 0 saturated carbocycles. The first kappa shape index (κ1) is 21.0. The third kappa shape index (κ3) is 5.59. The van der Waals surface area contributed by atoms with Gasteiger partial charge in [-0.2, -0.15) is 0 Å². The van der Waals surface area contributed by atoms with Gasteiger partial charge in [-0.1, -0.05) is 25.4 Å². The molecular weight excluding hydrogens is 376 g/mol. The predicted molar refractivity (Wildman–Crippen MR) is 103 cm³/mol. The minimum Gasteiger partial charge on any atom is -0.483 e. The average Bonchev–Trinajstić information content (AvgIpc) is 2.55. The van der Waals surface area contributed by atoms with Crippen LogP contribution in [0.4, 0.5) is 0 Å². The lowest BCUT2D eigenvalue weighted by Crippen LogP contribution is -2.47. The minimum atomic E-state index is -3.16. The quantitative estimate of drug-likeness (QED) is 0.793. The van der Waals surface area contributed by atoms with Gasteiger partial charge in [-0.15, -0.1) is 0 Å². The van der Waals surface area contributed by atoms with Crippen LogP contribution in [-0.4, -0.2) is 50.6 Å². The zero-order valence-corrected chi connectivity index (χ0v) is 17.3. The van der Waals surface area contributed by atoms with E-state index in [1.807, 2.05) is 32.9 Å². The largest absolute Gasteiger partial charge is 0.483 e.